The number of rotatable bonds is 5. The fourth-order valence-corrected chi connectivity index (χ4v) is 5.93. The van der Waals surface area contributed by atoms with Gasteiger partial charge in [0.25, 0.3) is 0 Å². The highest BCUT2D eigenvalue weighted by atomic mass is 35.5. The number of benzene rings is 3. The van der Waals surface area contributed by atoms with Crippen LogP contribution in [0.4, 0.5) is 4.79 Å². The standard InChI is InChI=1S/C34H28ClN5O2/c35-32-31-30(26-15-18-39(19-16-26)34(41)42-22-23-7-3-1-4-8-23)38-33(40(31)20-17-36-32)27-12-11-25-13-14-28(37-29(25)21-27)24-9-5-2-6-10-24/h1-14,17,20-21,26H,15-16,18-19,22H2. The number of carbonyl (C=O) groups excluding carboxylic acids is 1. The molecule has 7 nitrogen and oxygen atoms in total. The summed E-state index contributed by atoms with van der Waals surface area (Å²) in [6, 6.07) is 30.3. The molecule has 7 rings (SSSR count). The van der Waals surface area contributed by atoms with E-state index in [-0.39, 0.29) is 18.6 Å². The molecule has 0 aliphatic carbocycles. The van der Waals surface area contributed by atoms with Gasteiger partial charge in [-0.3, -0.25) is 4.40 Å². The van der Waals surface area contributed by atoms with Gasteiger partial charge >= 0.3 is 6.09 Å². The number of pyridine rings is 1. The van der Waals surface area contributed by atoms with Crippen LogP contribution in [0.25, 0.3) is 39.1 Å². The molecule has 0 bridgehead atoms. The molecule has 3 aromatic heterocycles. The molecular weight excluding hydrogens is 546 g/mol. The van der Waals surface area contributed by atoms with E-state index in [1.165, 1.54) is 0 Å². The van der Waals surface area contributed by atoms with Crippen LogP contribution in [0.2, 0.25) is 5.15 Å². The van der Waals surface area contributed by atoms with Gasteiger partial charge in [0.2, 0.25) is 0 Å². The molecule has 0 N–H and O–H groups in total. The largest absolute Gasteiger partial charge is 0.445 e. The second-order valence-electron chi connectivity index (χ2n) is 10.5. The van der Waals surface area contributed by atoms with Crippen molar-refractivity contribution in [2.24, 2.45) is 0 Å². The van der Waals surface area contributed by atoms with Crippen LogP contribution in [0.1, 0.15) is 30.0 Å². The quantitative estimate of drug-likeness (QED) is 0.210. The molecule has 4 heterocycles. The van der Waals surface area contributed by atoms with Crippen molar-refractivity contribution in [2.45, 2.75) is 25.4 Å². The number of fused-ring (bicyclic) bond motifs is 2. The Morgan fingerprint density at radius 1 is 0.881 bits per heavy atom. The molecule has 1 aliphatic rings. The summed E-state index contributed by atoms with van der Waals surface area (Å²) in [5.74, 6) is 0.930. The lowest BCUT2D eigenvalue weighted by Gasteiger charge is -2.30. The molecule has 8 heteroatoms. The number of amides is 1. The number of hydrogen-bond donors (Lipinski definition) is 0. The lowest BCUT2D eigenvalue weighted by atomic mass is 9.93. The molecule has 0 atom stereocenters. The maximum atomic E-state index is 12.7. The topological polar surface area (TPSA) is 72.6 Å². The van der Waals surface area contributed by atoms with E-state index in [0.717, 1.165) is 63.2 Å². The summed E-state index contributed by atoms with van der Waals surface area (Å²) in [5.41, 5.74) is 6.54. The maximum absolute atomic E-state index is 12.7. The fourth-order valence-electron chi connectivity index (χ4n) is 5.69. The van der Waals surface area contributed by atoms with Gasteiger partial charge in [0, 0.05) is 47.9 Å². The van der Waals surface area contributed by atoms with Gasteiger partial charge in [-0.05, 0) is 30.5 Å². The maximum Gasteiger partial charge on any atom is 0.410 e. The lowest BCUT2D eigenvalue weighted by Crippen LogP contribution is -2.38. The van der Waals surface area contributed by atoms with Gasteiger partial charge in [-0.15, -0.1) is 0 Å². The van der Waals surface area contributed by atoms with Crippen molar-refractivity contribution in [3.8, 4) is 22.6 Å². The zero-order valence-corrected chi connectivity index (χ0v) is 23.6. The molecule has 1 fully saturated rings. The highest BCUT2D eigenvalue weighted by Gasteiger charge is 2.29. The Hall–Kier alpha value is -4.75. The molecule has 6 aromatic rings. The second-order valence-corrected chi connectivity index (χ2v) is 10.9. The molecule has 0 unspecified atom stereocenters. The predicted molar refractivity (Wildman–Crippen MR) is 164 cm³/mol. The van der Waals surface area contributed by atoms with Crippen LogP contribution < -0.4 is 0 Å². The molecule has 1 aliphatic heterocycles. The molecular formula is C34H28ClN5O2. The zero-order chi connectivity index (χ0) is 28.5. The third-order valence-corrected chi connectivity index (χ3v) is 8.18. The minimum absolute atomic E-state index is 0.136. The number of hydrogen-bond acceptors (Lipinski definition) is 5. The summed E-state index contributed by atoms with van der Waals surface area (Å²) in [6.45, 7) is 1.45. The third-order valence-electron chi connectivity index (χ3n) is 7.90. The number of ether oxygens (including phenoxy) is 1. The van der Waals surface area contributed by atoms with E-state index < -0.39 is 0 Å². The first-order chi connectivity index (χ1) is 20.6. The number of imidazole rings is 1. The smallest absolute Gasteiger partial charge is 0.410 e. The summed E-state index contributed by atoms with van der Waals surface area (Å²) in [5, 5.41) is 1.48. The lowest BCUT2D eigenvalue weighted by molar-refractivity contribution is 0.0869. The summed E-state index contributed by atoms with van der Waals surface area (Å²) in [6.07, 6.45) is 4.84. The van der Waals surface area contributed by atoms with Crippen molar-refractivity contribution in [1.29, 1.82) is 0 Å². The number of nitrogens with zero attached hydrogens (tertiary/aromatic N) is 5. The van der Waals surface area contributed by atoms with Gasteiger partial charge in [0.1, 0.15) is 17.9 Å². The second kappa shape index (κ2) is 11.3. The van der Waals surface area contributed by atoms with Crippen LogP contribution in [0.15, 0.2) is 103 Å². The molecule has 0 radical (unpaired) electrons. The van der Waals surface area contributed by atoms with Crippen LogP contribution in [0.5, 0.6) is 0 Å². The Labute approximate surface area is 248 Å². The van der Waals surface area contributed by atoms with Gasteiger partial charge in [0.15, 0.2) is 5.15 Å². The number of carbonyl (C=O) groups is 1. The molecule has 208 valence electrons. The highest BCUT2D eigenvalue weighted by molar-refractivity contribution is 6.32. The van der Waals surface area contributed by atoms with Gasteiger partial charge in [-0.25, -0.2) is 19.7 Å². The number of likely N-dealkylation sites (tertiary alicyclic amines) is 1. The van der Waals surface area contributed by atoms with E-state index in [0.29, 0.717) is 18.2 Å². The van der Waals surface area contributed by atoms with Crippen molar-refractivity contribution in [3.05, 3.63) is 120 Å². The zero-order valence-electron chi connectivity index (χ0n) is 22.9. The van der Waals surface area contributed by atoms with Gasteiger partial charge in [-0.1, -0.05) is 90.5 Å². The first-order valence-corrected chi connectivity index (χ1v) is 14.5. The fraction of sp³-hybridized carbons (Fsp3) is 0.176. The van der Waals surface area contributed by atoms with Crippen molar-refractivity contribution in [3.63, 3.8) is 0 Å². The van der Waals surface area contributed by atoms with Crippen molar-refractivity contribution in [1.82, 2.24) is 24.3 Å². The van der Waals surface area contributed by atoms with E-state index in [9.17, 15) is 4.79 Å². The van der Waals surface area contributed by atoms with Crippen molar-refractivity contribution in [2.75, 3.05) is 13.1 Å². The van der Waals surface area contributed by atoms with Crippen LogP contribution >= 0.6 is 11.6 Å². The highest BCUT2D eigenvalue weighted by Crippen LogP contribution is 2.36. The number of halogens is 1. The van der Waals surface area contributed by atoms with Crippen LogP contribution in [0, 0.1) is 0 Å². The summed E-state index contributed by atoms with van der Waals surface area (Å²) < 4.78 is 7.58. The first kappa shape index (κ1) is 26.2. The van der Waals surface area contributed by atoms with Gasteiger partial charge in [0.05, 0.1) is 16.9 Å². The van der Waals surface area contributed by atoms with Crippen molar-refractivity contribution >= 4 is 34.1 Å². The summed E-state index contributed by atoms with van der Waals surface area (Å²) >= 11 is 6.68. The van der Waals surface area contributed by atoms with Crippen molar-refractivity contribution < 1.29 is 9.53 Å². The minimum Gasteiger partial charge on any atom is -0.445 e. The van der Waals surface area contributed by atoms with Gasteiger partial charge in [-0.2, -0.15) is 0 Å². The van der Waals surface area contributed by atoms with Gasteiger partial charge < -0.3 is 9.64 Å². The third kappa shape index (κ3) is 5.08. The predicted octanol–water partition coefficient (Wildman–Crippen LogP) is 7.78. The average molecular weight is 574 g/mol. The molecule has 1 saturated heterocycles. The Morgan fingerprint density at radius 2 is 1.62 bits per heavy atom. The Kier molecular flexibility index (Phi) is 7.01. The normalized spacial score (nSPS) is 14.0. The molecule has 0 spiro atoms. The minimum atomic E-state index is -0.286. The summed E-state index contributed by atoms with van der Waals surface area (Å²) in [4.78, 5) is 29.0. The molecule has 3 aromatic carbocycles. The van der Waals surface area contributed by atoms with E-state index in [4.69, 9.17) is 26.3 Å². The monoisotopic (exact) mass is 573 g/mol. The number of aromatic nitrogens is 4. The Balaban J connectivity index is 1.16. The molecule has 42 heavy (non-hydrogen) atoms. The molecule has 1 amide bonds. The Morgan fingerprint density at radius 3 is 2.40 bits per heavy atom. The van der Waals surface area contributed by atoms with Crippen LogP contribution in [-0.4, -0.2) is 43.4 Å². The van der Waals surface area contributed by atoms with E-state index in [1.807, 2.05) is 59.1 Å². The van der Waals surface area contributed by atoms with E-state index in [2.05, 4.69) is 47.4 Å². The SMILES string of the molecule is O=C(OCc1ccccc1)N1CCC(c2nc(-c3ccc4ccc(-c5ccccc5)nc4c3)n3ccnc(Cl)c23)CC1. The van der Waals surface area contributed by atoms with E-state index >= 15 is 0 Å². The summed E-state index contributed by atoms with van der Waals surface area (Å²) in [7, 11) is 0. The first-order valence-electron chi connectivity index (χ1n) is 14.1. The number of piperidine rings is 1. The Bertz CT molecular complexity index is 1880. The van der Waals surface area contributed by atoms with Crippen LogP contribution in [-0.2, 0) is 11.3 Å². The molecule has 0 saturated carbocycles. The van der Waals surface area contributed by atoms with E-state index in [1.54, 1.807) is 11.1 Å². The van der Waals surface area contributed by atoms with Crippen LogP contribution in [0.3, 0.4) is 0 Å². The average Bonchev–Trinajstić information content (AvgIpc) is 3.45.